The molecule has 0 saturated heterocycles. The second kappa shape index (κ2) is 3.70. The van der Waals surface area contributed by atoms with E-state index in [1.165, 1.54) is 18.2 Å². The van der Waals surface area contributed by atoms with Gasteiger partial charge in [0.05, 0.1) is 4.47 Å². The topological polar surface area (TPSA) is 20.2 Å². The lowest BCUT2D eigenvalue weighted by molar-refractivity contribution is 0.238. The first kappa shape index (κ1) is 9.24. The van der Waals surface area contributed by atoms with E-state index in [4.69, 9.17) is 11.5 Å². The van der Waals surface area contributed by atoms with E-state index in [0.29, 0.717) is 10.0 Å². The molecule has 0 aliphatic rings. The van der Waals surface area contributed by atoms with Gasteiger partial charge >= 0.3 is 0 Å². The number of benzene rings is 1. The molecular formula is C9H6BrFO. The van der Waals surface area contributed by atoms with Crippen molar-refractivity contribution in [3.8, 4) is 12.3 Å². The molecule has 0 fully saturated rings. The predicted octanol–water partition coefficient (Wildman–Crippen LogP) is 2.25. The maximum absolute atomic E-state index is 12.7. The molecule has 1 N–H and O–H groups in total. The van der Waals surface area contributed by atoms with Crippen LogP contribution in [0, 0.1) is 18.2 Å². The molecule has 1 aromatic carbocycles. The molecule has 0 aromatic heterocycles. The highest BCUT2D eigenvalue weighted by Gasteiger charge is 2.05. The van der Waals surface area contributed by atoms with Crippen LogP contribution < -0.4 is 0 Å². The van der Waals surface area contributed by atoms with E-state index >= 15 is 0 Å². The quantitative estimate of drug-likeness (QED) is 0.732. The van der Waals surface area contributed by atoms with Crippen LogP contribution >= 0.6 is 15.9 Å². The molecule has 0 radical (unpaired) electrons. The molecular weight excluding hydrogens is 223 g/mol. The SMILES string of the molecule is C#CC(O)c1ccc(F)c(Br)c1. The second-order valence-electron chi connectivity index (χ2n) is 2.24. The summed E-state index contributed by atoms with van der Waals surface area (Å²) in [7, 11) is 0. The Kier molecular flexibility index (Phi) is 2.85. The molecule has 0 aliphatic heterocycles. The van der Waals surface area contributed by atoms with Crippen LogP contribution in [0.2, 0.25) is 0 Å². The van der Waals surface area contributed by atoms with Crippen molar-refractivity contribution in [1.29, 1.82) is 0 Å². The average molecular weight is 229 g/mol. The van der Waals surface area contributed by atoms with Crippen LogP contribution in [0.1, 0.15) is 11.7 Å². The van der Waals surface area contributed by atoms with Gasteiger partial charge in [-0.3, -0.25) is 0 Å². The molecule has 1 aromatic rings. The number of rotatable bonds is 1. The Morgan fingerprint density at radius 3 is 2.75 bits per heavy atom. The highest BCUT2D eigenvalue weighted by molar-refractivity contribution is 9.10. The number of aliphatic hydroxyl groups excluding tert-OH is 1. The molecule has 0 amide bonds. The third-order valence-corrected chi connectivity index (χ3v) is 2.02. The molecule has 0 heterocycles. The fourth-order valence-corrected chi connectivity index (χ4v) is 1.18. The van der Waals surface area contributed by atoms with Gasteiger partial charge in [0.25, 0.3) is 0 Å². The minimum atomic E-state index is -0.970. The molecule has 62 valence electrons. The van der Waals surface area contributed by atoms with E-state index in [2.05, 4.69) is 21.9 Å². The van der Waals surface area contributed by atoms with Gasteiger partial charge in [-0.05, 0) is 33.6 Å². The highest BCUT2D eigenvalue weighted by Crippen LogP contribution is 2.20. The Balaban J connectivity index is 3.06. The van der Waals surface area contributed by atoms with Crippen molar-refractivity contribution in [3.63, 3.8) is 0 Å². The molecule has 3 heteroatoms. The number of halogens is 2. The van der Waals surface area contributed by atoms with Gasteiger partial charge in [-0.1, -0.05) is 12.0 Å². The average Bonchev–Trinajstić information content (AvgIpc) is 2.08. The lowest BCUT2D eigenvalue weighted by atomic mass is 10.1. The zero-order valence-corrected chi connectivity index (χ0v) is 7.68. The summed E-state index contributed by atoms with van der Waals surface area (Å²) in [4.78, 5) is 0. The molecule has 1 rings (SSSR count). The largest absolute Gasteiger partial charge is 0.376 e. The molecule has 0 saturated carbocycles. The third kappa shape index (κ3) is 1.84. The van der Waals surface area contributed by atoms with Crippen LogP contribution in [0.15, 0.2) is 22.7 Å². The highest BCUT2D eigenvalue weighted by atomic mass is 79.9. The van der Waals surface area contributed by atoms with Gasteiger partial charge in [0.1, 0.15) is 11.9 Å². The van der Waals surface area contributed by atoms with Crippen molar-refractivity contribution in [2.24, 2.45) is 0 Å². The molecule has 12 heavy (non-hydrogen) atoms. The van der Waals surface area contributed by atoms with Crippen molar-refractivity contribution in [1.82, 2.24) is 0 Å². The zero-order chi connectivity index (χ0) is 9.14. The van der Waals surface area contributed by atoms with Gasteiger partial charge in [-0.2, -0.15) is 0 Å². The third-order valence-electron chi connectivity index (χ3n) is 1.42. The van der Waals surface area contributed by atoms with Crippen molar-refractivity contribution in [3.05, 3.63) is 34.1 Å². The van der Waals surface area contributed by atoms with E-state index in [0.717, 1.165) is 0 Å². The summed E-state index contributed by atoms with van der Waals surface area (Å²) in [6, 6.07) is 4.16. The summed E-state index contributed by atoms with van der Waals surface area (Å²) in [5, 5.41) is 9.17. The fourth-order valence-electron chi connectivity index (χ4n) is 0.779. The zero-order valence-electron chi connectivity index (χ0n) is 6.09. The van der Waals surface area contributed by atoms with Gasteiger partial charge < -0.3 is 5.11 Å². The lowest BCUT2D eigenvalue weighted by Gasteiger charge is -2.03. The summed E-state index contributed by atoms with van der Waals surface area (Å²) in [5.74, 6) is 1.77. The van der Waals surface area contributed by atoms with Crippen molar-refractivity contribution >= 4 is 15.9 Å². The molecule has 0 spiro atoms. The smallest absolute Gasteiger partial charge is 0.140 e. The number of hydrogen-bond acceptors (Lipinski definition) is 1. The standard InChI is InChI=1S/C9H6BrFO/c1-2-9(12)6-3-4-8(11)7(10)5-6/h1,3-5,9,12H. The lowest BCUT2D eigenvalue weighted by Crippen LogP contribution is -1.93. The minimum Gasteiger partial charge on any atom is -0.376 e. The number of aliphatic hydroxyl groups is 1. The first-order valence-electron chi connectivity index (χ1n) is 3.24. The molecule has 0 aliphatic carbocycles. The summed E-state index contributed by atoms with van der Waals surface area (Å²) >= 11 is 2.99. The Morgan fingerprint density at radius 1 is 1.58 bits per heavy atom. The maximum Gasteiger partial charge on any atom is 0.140 e. The van der Waals surface area contributed by atoms with Gasteiger partial charge in [-0.25, -0.2) is 4.39 Å². The summed E-state index contributed by atoms with van der Waals surface area (Å²) in [6.45, 7) is 0. The number of hydrogen-bond donors (Lipinski definition) is 1. The predicted molar refractivity (Wildman–Crippen MR) is 47.9 cm³/mol. The van der Waals surface area contributed by atoms with Crippen LogP contribution in [0.3, 0.4) is 0 Å². The maximum atomic E-state index is 12.7. The molecule has 1 unspecified atom stereocenters. The van der Waals surface area contributed by atoms with E-state index in [9.17, 15) is 4.39 Å². The Labute approximate surface area is 78.4 Å². The fraction of sp³-hybridized carbons (Fsp3) is 0.111. The second-order valence-corrected chi connectivity index (χ2v) is 3.10. The van der Waals surface area contributed by atoms with Gasteiger partial charge in [0, 0.05) is 0 Å². The normalized spacial score (nSPS) is 12.2. The van der Waals surface area contributed by atoms with Crippen molar-refractivity contribution < 1.29 is 9.50 Å². The van der Waals surface area contributed by atoms with Crippen molar-refractivity contribution in [2.75, 3.05) is 0 Å². The van der Waals surface area contributed by atoms with Crippen LogP contribution in [-0.4, -0.2) is 5.11 Å². The first-order chi connectivity index (χ1) is 5.65. The molecule has 1 atom stereocenters. The van der Waals surface area contributed by atoms with E-state index < -0.39 is 6.10 Å². The van der Waals surface area contributed by atoms with Gasteiger partial charge in [0.2, 0.25) is 0 Å². The Morgan fingerprint density at radius 2 is 2.25 bits per heavy atom. The first-order valence-corrected chi connectivity index (χ1v) is 4.03. The minimum absolute atomic E-state index is 0.300. The van der Waals surface area contributed by atoms with E-state index in [-0.39, 0.29) is 5.82 Å². The summed E-state index contributed by atoms with van der Waals surface area (Å²) in [6.07, 6.45) is 4.01. The van der Waals surface area contributed by atoms with E-state index in [1.54, 1.807) is 0 Å². The van der Waals surface area contributed by atoms with Gasteiger partial charge in [0.15, 0.2) is 0 Å². The number of terminal acetylenes is 1. The van der Waals surface area contributed by atoms with Crippen LogP contribution in [0.25, 0.3) is 0 Å². The Hall–Kier alpha value is -0.850. The summed E-state index contributed by atoms with van der Waals surface area (Å²) < 4.78 is 13.0. The van der Waals surface area contributed by atoms with Crippen LogP contribution in [-0.2, 0) is 0 Å². The van der Waals surface area contributed by atoms with Crippen molar-refractivity contribution in [2.45, 2.75) is 6.10 Å². The van der Waals surface area contributed by atoms with Crippen LogP contribution in [0.5, 0.6) is 0 Å². The summed E-state index contributed by atoms with van der Waals surface area (Å²) in [5.41, 5.74) is 0.505. The van der Waals surface area contributed by atoms with E-state index in [1.807, 2.05) is 0 Å². The molecule has 1 nitrogen and oxygen atoms in total. The Bertz CT molecular complexity index is 330. The molecule has 0 bridgehead atoms. The van der Waals surface area contributed by atoms with Gasteiger partial charge in [-0.15, -0.1) is 6.42 Å². The van der Waals surface area contributed by atoms with Crippen LogP contribution in [0.4, 0.5) is 4.39 Å². The monoisotopic (exact) mass is 228 g/mol.